The maximum absolute atomic E-state index is 11.8. The molecule has 1 heterocycles. The summed E-state index contributed by atoms with van der Waals surface area (Å²) in [6, 6.07) is -0.304. The highest BCUT2D eigenvalue weighted by Crippen LogP contribution is 2.38. The molecular weight excluding hydrogens is 1420 g/mol. The molecule has 7 atom stereocenters. The zero-order chi connectivity index (χ0) is 83.1. The summed E-state index contributed by atoms with van der Waals surface area (Å²) in [5.41, 5.74) is 5.92. The quantitative estimate of drug-likeness (QED) is 0.0104. The number of aliphatic hydroxyl groups is 5. The van der Waals surface area contributed by atoms with Crippen LogP contribution >= 0.6 is 29.2 Å². The Bertz CT molecular complexity index is 2430. The van der Waals surface area contributed by atoms with Crippen LogP contribution in [0, 0.1) is 50.2 Å². The van der Waals surface area contributed by atoms with Crippen LogP contribution in [0.2, 0.25) is 0 Å². The lowest BCUT2D eigenvalue weighted by Crippen LogP contribution is -2.58. The van der Waals surface area contributed by atoms with E-state index in [1.165, 1.54) is 0 Å². The number of aliphatic carboxylic acids is 2. The number of ketones is 1. The number of nitrogens with two attached hydrogens (primary N) is 1. The Morgan fingerprint density at radius 2 is 1.07 bits per heavy atom. The van der Waals surface area contributed by atoms with Crippen LogP contribution in [0.3, 0.4) is 0 Å². The Labute approximate surface area is 629 Å². The molecule has 1 aliphatic heterocycles. The summed E-state index contributed by atoms with van der Waals surface area (Å²) >= 11 is 0. The summed E-state index contributed by atoms with van der Waals surface area (Å²) < 4.78 is 80.2. The lowest BCUT2D eigenvalue weighted by molar-refractivity contribution is -0.886. The molecule has 1 amide bonds. The maximum atomic E-state index is 11.8. The van der Waals surface area contributed by atoms with Gasteiger partial charge in [0.05, 0.1) is 71.8 Å². The van der Waals surface area contributed by atoms with Gasteiger partial charge in [0.15, 0.2) is 18.6 Å². The molecule has 102 heavy (non-hydrogen) atoms. The second-order valence-electron chi connectivity index (χ2n) is 35.3. The molecule has 0 aliphatic carbocycles. The number of quaternary nitrogens is 2. The summed E-state index contributed by atoms with van der Waals surface area (Å²) in [6.07, 6.45) is 0.703. The van der Waals surface area contributed by atoms with E-state index in [-0.39, 0.29) is 82.7 Å². The van der Waals surface area contributed by atoms with Gasteiger partial charge in [-0.25, -0.2) is 4.79 Å². The third kappa shape index (κ3) is 98.3. The number of rotatable bonds is 30. The van der Waals surface area contributed by atoms with Gasteiger partial charge in [-0.15, -0.1) is 0 Å². The predicted molar refractivity (Wildman–Crippen MR) is 420 cm³/mol. The van der Waals surface area contributed by atoms with E-state index in [4.69, 9.17) is 49.4 Å². The number of carbonyl (C=O) groups is 4. The Balaban J connectivity index is -0.000000165. The standard InChI is InChI=1S/C13H25NO2S2.C10H20O5.C9H20O2.C8H17NO2.C7H17NO3S.C6H15N.C6H15O3P.C6H14O3S.C6H12O2/c1-5-10(4)13(16)14-11(12(15)6-2)8-9-18-17-7-3;1-10(2,3)4-5-6(11)7(12)8(13)9(14)15-5;1-9(2,3)5-8-11-7-4-6-10;1-7(2)5-9(3,4)6-8(10)11;1-7(2)5-8(3,4)6-12(9,10)11;1-6(2,3)4-5-7;2*1-6(2,3)4-5-10(7,8)9;1-6(2,3)4-5(7)8/h10-11H,5-9H2,1-4H3,(H,14,16);5-9,11-14H,4H2,1-3H3;10H,4-8H2,1-3H3;7H,5-6H2,1-4H3;7H,5-6H2,1-4H3;4-5,7H2,1-3H3;4-5H2,1-3H3,(H2,7,8,9);4-5H2,1-3H3,(H,7,8,9);4H2,1-3H3,(H,7,8)/p+2/t;5?,6-,7-,8?,9-;;;;;;;/m.1......./s1. The lowest BCUT2D eigenvalue weighted by atomic mass is 9.84. The molecule has 0 saturated carbocycles. The van der Waals surface area contributed by atoms with Crippen molar-refractivity contribution in [2.45, 2.75) is 281 Å². The third-order valence-corrected chi connectivity index (χ3v) is 18.4. The summed E-state index contributed by atoms with van der Waals surface area (Å²) in [5, 5.41) is 65.7. The number of likely N-dealkylation sites (N-methyl/N-ethyl adjacent to an activating group) is 1. The second kappa shape index (κ2) is 56.6. The molecule has 26 nitrogen and oxygen atoms in total. The summed E-state index contributed by atoms with van der Waals surface area (Å²) in [5.74, 6) is 1.23. The lowest BCUT2D eigenvalue weighted by Gasteiger charge is -2.40. The number of amides is 1. The van der Waals surface area contributed by atoms with Crippen molar-refractivity contribution < 1.29 is 114 Å². The van der Waals surface area contributed by atoms with Crippen molar-refractivity contribution in [2.24, 2.45) is 56.0 Å². The maximum Gasteiger partial charge on any atom is 0.359 e. The highest BCUT2D eigenvalue weighted by atomic mass is 33.1. The molecule has 1 fully saturated rings. The average Bonchev–Trinajstić information content (AvgIpc) is 0.817. The van der Waals surface area contributed by atoms with Gasteiger partial charge in [0.25, 0.3) is 10.1 Å². The van der Waals surface area contributed by atoms with Gasteiger partial charge in [-0.1, -0.05) is 202 Å². The minimum atomic E-state index is -3.86. The number of hydrogen-bond donors (Lipinski definition) is 13. The van der Waals surface area contributed by atoms with Gasteiger partial charge >= 0.3 is 29.7 Å². The Morgan fingerprint density at radius 3 is 1.35 bits per heavy atom. The first-order valence-corrected chi connectivity index (χ1v) is 43.1. The highest BCUT2D eigenvalue weighted by molar-refractivity contribution is 8.76. The largest absolute Gasteiger partial charge is 0.481 e. The normalized spacial score (nSPS) is 17.4. The van der Waals surface area contributed by atoms with Crippen molar-refractivity contribution in [3.05, 3.63) is 0 Å². The smallest absolute Gasteiger partial charge is 0.359 e. The molecule has 0 spiro atoms. The van der Waals surface area contributed by atoms with Crippen molar-refractivity contribution >= 4 is 73.0 Å². The highest BCUT2D eigenvalue weighted by Gasteiger charge is 2.44. The molecule has 0 aromatic heterocycles. The molecule has 0 radical (unpaired) electrons. The van der Waals surface area contributed by atoms with Crippen LogP contribution in [-0.2, 0) is 53.5 Å². The van der Waals surface area contributed by atoms with Crippen molar-refractivity contribution in [1.82, 2.24) is 5.32 Å². The minimum Gasteiger partial charge on any atom is -0.481 e. The van der Waals surface area contributed by atoms with E-state index < -0.39 is 70.5 Å². The first kappa shape index (κ1) is 116. The first-order chi connectivity index (χ1) is 45.2. The molecule has 1 saturated heterocycles. The van der Waals surface area contributed by atoms with Gasteiger partial charge in [-0.2, -0.15) is 16.8 Å². The van der Waals surface area contributed by atoms with Crippen LogP contribution in [0.1, 0.15) is 244 Å². The summed E-state index contributed by atoms with van der Waals surface area (Å²) in [4.78, 5) is 61.0. The molecule has 14 N–H and O–H groups in total. The van der Waals surface area contributed by atoms with E-state index in [9.17, 15) is 61.0 Å². The summed E-state index contributed by atoms with van der Waals surface area (Å²) in [6.45, 7) is 56.9. The average molecular weight is 1580 g/mol. The number of nitrogens with zero attached hydrogens (tertiary/aromatic N) is 2. The number of carbonyl (C=O) groups excluding carboxylic acids is 2. The monoisotopic (exact) mass is 1580 g/mol. The number of hydrogen-bond acceptors (Lipinski definition) is 19. The van der Waals surface area contributed by atoms with E-state index in [0.29, 0.717) is 63.9 Å². The van der Waals surface area contributed by atoms with Crippen LogP contribution in [0.4, 0.5) is 0 Å². The molecule has 620 valence electrons. The summed E-state index contributed by atoms with van der Waals surface area (Å²) in [7, 11) is -0.371. The van der Waals surface area contributed by atoms with E-state index in [1.807, 2.05) is 132 Å². The Hall–Kier alpha value is -1.65. The zero-order valence-corrected chi connectivity index (χ0v) is 73.4. The zero-order valence-electron chi connectivity index (χ0n) is 69.2. The van der Waals surface area contributed by atoms with E-state index in [1.54, 1.807) is 35.7 Å². The fourth-order valence-corrected chi connectivity index (χ4v) is 13.0. The second-order valence-corrected chi connectivity index (χ2v) is 43.0. The number of carboxylic acid groups (broad SMARTS) is 2. The van der Waals surface area contributed by atoms with E-state index >= 15 is 0 Å². The number of Topliss-reactive ketones (excluding diaryl/α,β-unsaturated/α-hetero) is 1. The fraction of sp³-hybridized carbons (Fsp3) is 0.944. The van der Waals surface area contributed by atoms with Gasteiger partial charge in [0.1, 0.15) is 18.3 Å². The van der Waals surface area contributed by atoms with Crippen LogP contribution in [0.25, 0.3) is 0 Å². The van der Waals surface area contributed by atoms with Crippen LogP contribution < -0.4 is 11.1 Å². The molecule has 0 aromatic carbocycles. The number of carboxylic acids is 2. The molecular formula is C71H157N4O22PS4+2. The molecule has 0 bridgehead atoms. The van der Waals surface area contributed by atoms with Gasteiger partial charge in [0.2, 0.25) is 11.8 Å². The van der Waals surface area contributed by atoms with Gasteiger partial charge < -0.3 is 75.0 Å². The molecule has 1 aliphatic rings. The van der Waals surface area contributed by atoms with Gasteiger partial charge in [-0.3, -0.25) is 28.1 Å². The van der Waals surface area contributed by atoms with E-state index in [2.05, 4.69) is 67.6 Å². The number of nitrogens with one attached hydrogen (secondary N) is 1. The Kier molecular flexibility index (Phi) is 64.4. The predicted octanol–water partition coefficient (Wildman–Crippen LogP) is 11.5. The molecule has 31 heteroatoms. The molecule has 4 unspecified atom stereocenters. The minimum absolute atomic E-state index is 0.00237. The number of aliphatic hydroxyl groups excluding tert-OH is 5. The van der Waals surface area contributed by atoms with Crippen molar-refractivity contribution in [3.63, 3.8) is 0 Å². The van der Waals surface area contributed by atoms with Crippen molar-refractivity contribution in [1.29, 1.82) is 0 Å². The van der Waals surface area contributed by atoms with E-state index in [0.717, 1.165) is 69.9 Å². The van der Waals surface area contributed by atoms with Gasteiger partial charge in [-0.05, 0) is 90.4 Å². The van der Waals surface area contributed by atoms with Crippen LogP contribution in [0.5, 0.6) is 0 Å². The van der Waals surface area contributed by atoms with Crippen molar-refractivity contribution in [2.75, 3.05) is 103 Å². The third-order valence-electron chi connectivity index (χ3n) is 13.4. The SMILES string of the molecule is CC(C)(C)CC(=O)O.CC(C)(C)CC1O[C@@H](O)C(O)[C@H](O)[C@@H]1O.CC(C)(C)CCN.CC(C)(C)CCOCCCO.CC(C)(C)CCP(=O)(O)O.CC(C)(C)CCS(=O)(=O)O.CC(C)C[N+](C)(C)CC(=O)O.CC(C)C[N+](C)(C)CS(=O)(=O)O.CCSSCCC(NC(=O)C(C)CC)C(=O)CC. The molecule has 1 rings (SSSR count). The Morgan fingerprint density at radius 1 is 0.618 bits per heavy atom. The van der Waals surface area contributed by atoms with Crippen molar-refractivity contribution in [3.8, 4) is 0 Å². The topological polar surface area (TPSA) is 433 Å². The first-order valence-electron chi connectivity index (χ1n) is 35.6. The fourth-order valence-electron chi connectivity index (χ4n) is 8.42. The van der Waals surface area contributed by atoms with Gasteiger partial charge in [0, 0.05) is 55.5 Å². The number of ether oxygens (including phenoxy) is 2. The van der Waals surface area contributed by atoms with Crippen LogP contribution in [-0.4, -0.2) is 244 Å². The van der Waals surface area contributed by atoms with Crippen LogP contribution in [0.15, 0.2) is 0 Å². The molecule has 0 aromatic rings.